The van der Waals surface area contributed by atoms with Gasteiger partial charge in [0.1, 0.15) is 42.3 Å². The van der Waals surface area contributed by atoms with Gasteiger partial charge < -0.3 is 58.1 Å². The number of hydrogen-bond acceptors (Lipinski definition) is 12. The zero-order valence-corrected chi connectivity index (χ0v) is 36.3. The van der Waals surface area contributed by atoms with Gasteiger partial charge in [0.05, 0.1) is 18.5 Å². The normalized spacial score (nSPS) is 21.2. The molecular weight excluding hydrogens is 837 g/mol. The Morgan fingerprint density at radius 3 is 2.20 bits per heavy atom. The molecule has 23 heteroatoms. The van der Waals surface area contributed by atoms with Gasteiger partial charge in [-0.05, 0) is 42.7 Å². The van der Waals surface area contributed by atoms with Crippen molar-refractivity contribution < 1.29 is 53.4 Å². The van der Waals surface area contributed by atoms with Gasteiger partial charge in [-0.1, -0.05) is 51.1 Å². The fourth-order valence-electron chi connectivity index (χ4n) is 7.12. The van der Waals surface area contributed by atoms with E-state index >= 15 is 0 Å². The van der Waals surface area contributed by atoms with Crippen molar-refractivity contribution >= 4 is 64.1 Å². The van der Waals surface area contributed by atoms with Crippen molar-refractivity contribution in [3.8, 4) is 0 Å². The Hall–Kier alpha value is -6.91. The van der Waals surface area contributed by atoms with E-state index in [0.717, 1.165) is 10.9 Å². The first-order chi connectivity index (χ1) is 30.3. The molecule has 0 bridgehead atoms. The summed E-state index contributed by atoms with van der Waals surface area (Å²) in [5, 5.41) is 46.3. The number of aromatic amines is 1. The van der Waals surface area contributed by atoms with Crippen molar-refractivity contribution in [2.24, 2.45) is 17.6 Å². The van der Waals surface area contributed by atoms with Crippen LogP contribution in [0, 0.1) is 11.8 Å². The quantitative estimate of drug-likeness (QED) is 0.0747. The molecule has 1 aliphatic rings. The number of carbonyl (C=O) groups excluding carboxylic acids is 8. The minimum Gasteiger partial charge on any atom is -0.481 e. The summed E-state index contributed by atoms with van der Waals surface area (Å²) in [7, 11) is 0. The molecule has 0 aliphatic carbocycles. The van der Waals surface area contributed by atoms with Crippen LogP contribution in [0.5, 0.6) is 0 Å². The van der Waals surface area contributed by atoms with Gasteiger partial charge in [0.25, 0.3) is 0 Å². The number of H-pyrrole nitrogens is 1. The predicted octanol–water partition coefficient (Wildman–Crippen LogP) is -2.59. The van der Waals surface area contributed by atoms with Crippen LogP contribution >= 0.6 is 0 Å². The number of nitrogens with zero attached hydrogens (tertiary/aromatic N) is 3. The van der Waals surface area contributed by atoms with Crippen LogP contribution in [0.15, 0.2) is 36.7 Å². The van der Waals surface area contributed by atoms with Crippen LogP contribution in [0.3, 0.4) is 0 Å². The van der Waals surface area contributed by atoms with Crippen molar-refractivity contribution in [1.29, 1.82) is 0 Å². The Labute approximate surface area is 368 Å². The molecule has 348 valence electrons. The first-order valence-electron chi connectivity index (χ1n) is 20.9. The summed E-state index contributed by atoms with van der Waals surface area (Å²) in [5.41, 5.74) is 7.49. The molecule has 3 heterocycles. The number of hydrogen-bond donors (Lipinski definition) is 11. The van der Waals surface area contributed by atoms with Crippen molar-refractivity contribution in [2.45, 2.75) is 122 Å². The molecule has 1 aliphatic heterocycles. The van der Waals surface area contributed by atoms with Gasteiger partial charge in [-0.3, -0.25) is 43.2 Å². The number of carboxylic acid groups (broad SMARTS) is 1. The maximum Gasteiger partial charge on any atom is 0.303 e. The minimum absolute atomic E-state index is 0.0114. The van der Waals surface area contributed by atoms with Crippen LogP contribution in [0.4, 0.5) is 0 Å². The predicted molar refractivity (Wildman–Crippen MR) is 227 cm³/mol. The molecule has 0 radical (unpaired) electrons. The van der Waals surface area contributed by atoms with Gasteiger partial charge in [0.2, 0.25) is 47.3 Å². The molecule has 0 saturated carbocycles. The van der Waals surface area contributed by atoms with Crippen molar-refractivity contribution in [3.05, 3.63) is 47.9 Å². The van der Waals surface area contributed by atoms with Gasteiger partial charge in [0, 0.05) is 49.8 Å². The summed E-state index contributed by atoms with van der Waals surface area (Å²) in [5.74, 6) is -8.87. The molecule has 8 amide bonds. The molecule has 12 N–H and O–H groups in total. The highest BCUT2D eigenvalue weighted by atomic mass is 16.4. The number of carboxylic acids is 1. The van der Waals surface area contributed by atoms with E-state index in [0.29, 0.717) is 5.56 Å². The number of amides is 8. The monoisotopic (exact) mass is 894 g/mol. The molecular formula is C41H58N12O11. The van der Waals surface area contributed by atoms with E-state index in [-0.39, 0.29) is 43.8 Å². The van der Waals surface area contributed by atoms with Gasteiger partial charge in [-0.15, -0.1) is 5.10 Å². The number of aliphatic hydroxyl groups excluding tert-OH is 1. The van der Waals surface area contributed by atoms with E-state index in [4.69, 9.17) is 5.73 Å². The largest absolute Gasteiger partial charge is 0.481 e. The number of aryl methyl sites for hydroxylation is 1. The molecule has 0 fully saturated rings. The average Bonchev–Trinajstić information content (AvgIpc) is 3.86. The second kappa shape index (κ2) is 23.0. The number of primary amides is 1. The lowest BCUT2D eigenvalue weighted by Crippen LogP contribution is -2.61. The molecule has 1 aromatic carbocycles. The van der Waals surface area contributed by atoms with Crippen LogP contribution in [-0.2, 0) is 62.5 Å². The fraction of sp³-hybridized carbons (Fsp3) is 0.537. The number of rotatable bonds is 15. The molecule has 23 nitrogen and oxygen atoms in total. The Balaban J connectivity index is 1.77. The van der Waals surface area contributed by atoms with Crippen LogP contribution in [-0.4, -0.2) is 132 Å². The highest BCUT2D eigenvalue weighted by molar-refractivity contribution is 5.98. The summed E-state index contributed by atoms with van der Waals surface area (Å²) < 4.78 is 1.31. The third kappa shape index (κ3) is 14.1. The topological polar surface area (TPSA) is 351 Å². The number of aliphatic hydroxyl groups is 1. The summed E-state index contributed by atoms with van der Waals surface area (Å²) in [6.07, 6.45) is 1.34. The Kier molecular flexibility index (Phi) is 17.9. The molecule has 4 rings (SSSR count). The average molecular weight is 895 g/mol. The van der Waals surface area contributed by atoms with Crippen LogP contribution in [0.2, 0.25) is 0 Å². The first-order valence-corrected chi connectivity index (χ1v) is 20.9. The van der Waals surface area contributed by atoms with Crippen molar-refractivity contribution in [2.75, 3.05) is 6.61 Å². The van der Waals surface area contributed by atoms with Gasteiger partial charge in [-0.25, -0.2) is 4.68 Å². The molecule has 64 heavy (non-hydrogen) atoms. The highest BCUT2D eigenvalue weighted by Crippen LogP contribution is 2.19. The third-order valence-electron chi connectivity index (χ3n) is 10.5. The lowest BCUT2D eigenvalue weighted by atomic mass is 10.0. The number of aliphatic carboxylic acids is 1. The highest BCUT2D eigenvalue weighted by Gasteiger charge is 2.36. The SMILES string of the molecule is CC(=O)N[C@H](C(=O)N[C@H]1CCn2nncc2C[C@@H](C(=O)N[C@@H](Cc2c[nH]c3ccccc23)C(N)=O)NC(=O)[C@H](CC(C)C)NC(=O)[C@H](CCC(=O)O)NC(=O)[C@H](CO)NC1=O)C(C)C. The van der Waals surface area contributed by atoms with E-state index in [1.165, 1.54) is 17.8 Å². The van der Waals surface area contributed by atoms with Gasteiger partial charge in [-0.2, -0.15) is 0 Å². The second-order valence-corrected chi connectivity index (χ2v) is 16.4. The molecule has 7 atom stereocenters. The van der Waals surface area contributed by atoms with E-state index < -0.39 is 121 Å². The zero-order valence-electron chi connectivity index (χ0n) is 36.3. The Morgan fingerprint density at radius 1 is 0.906 bits per heavy atom. The van der Waals surface area contributed by atoms with Gasteiger partial charge in [0.15, 0.2) is 0 Å². The zero-order chi connectivity index (χ0) is 47.2. The van der Waals surface area contributed by atoms with Crippen LogP contribution in [0.1, 0.15) is 71.6 Å². The number of fused-ring (bicyclic) bond motifs is 2. The van der Waals surface area contributed by atoms with E-state index in [9.17, 15) is 53.4 Å². The summed E-state index contributed by atoms with van der Waals surface area (Å²) in [6.45, 7) is 6.92. The van der Waals surface area contributed by atoms with Gasteiger partial charge >= 0.3 is 5.97 Å². The van der Waals surface area contributed by atoms with E-state index in [2.05, 4.69) is 52.5 Å². The molecule has 2 aromatic heterocycles. The molecule has 0 spiro atoms. The minimum atomic E-state index is -1.71. The lowest BCUT2D eigenvalue weighted by Gasteiger charge is -2.28. The van der Waals surface area contributed by atoms with E-state index in [1.807, 2.05) is 24.3 Å². The van der Waals surface area contributed by atoms with Crippen LogP contribution < -0.4 is 43.0 Å². The number of nitrogens with one attached hydrogen (secondary N) is 8. The molecule has 3 aromatic rings. The number of para-hydroxylation sites is 1. The maximum atomic E-state index is 14.3. The number of nitrogens with two attached hydrogens (primary N) is 1. The lowest BCUT2D eigenvalue weighted by molar-refractivity contribution is -0.139. The fourth-order valence-corrected chi connectivity index (χ4v) is 7.12. The Morgan fingerprint density at radius 2 is 1.56 bits per heavy atom. The number of carbonyl (C=O) groups is 9. The van der Waals surface area contributed by atoms with Crippen molar-refractivity contribution in [1.82, 2.24) is 57.2 Å². The summed E-state index contributed by atoms with van der Waals surface area (Å²) >= 11 is 0. The number of benzene rings is 1. The summed E-state index contributed by atoms with van der Waals surface area (Å²) in [6, 6.07) is -2.64. The molecule has 0 unspecified atom stereocenters. The third-order valence-corrected chi connectivity index (χ3v) is 10.5. The van der Waals surface area contributed by atoms with Crippen LogP contribution in [0.25, 0.3) is 10.9 Å². The standard InChI is InChI=1S/C41H58N12O11/c1-20(2)14-30-38(61)50-31(39(62)48-29(35(42)58)15-23-17-43-26-9-7-6-8-25(23)26)16-24-18-44-52-53(24)13-12-28(47-41(64)34(21(3)4)45-22(5)55)37(60)51-32(19-54)40(63)46-27(36(59)49-30)10-11-33(56)57/h6-9,17-18,20-21,27-32,34,43,54H,10-16,19H2,1-5H3,(H2,42,58)(H,45,55)(H,46,63)(H,47,64)(H,48,62)(H,49,59)(H,50,61)(H,51,60)(H,56,57)/t27-,28-,29-,30-,31-,32-,34-/m0/s1. The molecule has 0 saturated heterocycles. The van der Waals surface area contributed by atoms with E-state index in [1.54, 1.807) is 33.9 Å². The second-order valence-electron chi connectivity index (χ2n) is 16.4. The number of aromatic nitrogens is 4. The maximum absolute atomic E-state index is 14.3. The van der Waals surface area contributed by atoms with Crippen molar-refractivity contribution in [3.63, 3.8) is 0 Å². The Bertz CT molecular complexity index is 2190. The first kappa shape index (κ1) is 49.7. The smallest absolute Gasteiger partial charge is 0.303 e. The summed E-state index contributed by atoms with van der Waals surface area (Å²) in [4.78, 5) is 123.